The van der Waals surface area contributed by atoms with Crippen LogP contribution in [0.3, 0.4) is 0 Å². The Bertz CT molecular complexity index is 1000. The highest BCUT2D eigenvalue weighted by Gasteiger charge is 2.35. The molecule has 7 nitrogen and oxygen atoms in total. The number of nitrogens with one attached hydrogen (secondary N) is 1. The Morgan fingerprint density at radius 2 is 1.90 bits per heavy atom. The number of nitrogens with zero attached hydrogens (tertiary/aromatic N) is 4. The lowest BCUT2D eigenvalue weighted by Gasteiger charge is -2.33. The highest BCUT2D eigenvalue weighted by atomic mass is 32.1. The number of pyridine rings is 1. The van der Waals surface area contributed by atoms with Crippen LogP contribution < -0.4 is 10.2 Å². The summed E-state index contributed by atoms with van der Waals surface area (Å²) in [5.41, 5.74) is 2.07. The molecule has 8 heteroatoms. The average Bonchev–Trinajstić information content (AvgIpc) is 3.25. The second-order valence-corrected chi connectivity index (χ2v) is 8.52. The van der Waals surface area contributed by atoms with Crippen LogP contribution in [0.2, 0.25) is 0 Å². The molecule has 1 atom stereocenters. The maximum absolute atomic E-state index is 13.5. The van der Waals surface area contributed by atoms with Crippen molar-refractivity contribution in [3.8, 4) is 0 Å². The lowest BCUT2D eigenvalue weighted by atomic mass is 10.0. The number of carbonyl (C=O) groups is 2. The van der Waals surface area contributed by atoms with E-state index in [0.717, 1.165) is 23.5 Å². The summed E-state index contributed by atoms with van der Waals surface area (Å²) < 4.78 is 3.82. The molecule has 3 aromatic rings. The van der Waals surface area contributed by atoms with Crippen molar-refractivity contribution in [3.05, 3.63) is 71.0 Å². The molecule has 0 aliphatic rings. The molecule has 1 N–H and O–H groups in total. The first-order chi connectivity index (χ1) is 14.3. The van der Waals surface area contributed by atoms with Crippen LogP contribution in [0.5, 0.6) is 0 Å². The zero-order valence-electron chi connectivity index (χ0n) is 17.5. The standard InChI is InChI=1S/C22H25N5O2S/c1-5-15-7-6-8-17(13-15)27(21(29)18-14-30-26-25-18)19(16-9-11-23-12-10-16)20(28)24-22(2,3)4/h6-14,19H,5H2,1-4H3,(H,24,28)/t19-/m0/s1. The van der Waals surface area contributed by atoms with Crippen molar-refractivity contribution in [2.45, 2.75) is 45.7 Å². The minimum absolute atomic E-state index is 0.199. The summed E-state index contributed by atoms with van der Waals surface area (Å²) in [5.74, 6) is -0.671. The minimum Gasteiger partial charge on any atom is -0.349 e. The monoisotopic (exact) mass is 423 g/mol. The van der Waals surface area contributed by atoms with E-state index in [1.54, 1.807) is 29.9 Å². The fourth-order valence-electron chi connectivity index (χ4n) is 3.09. The molecule has 0 aliphatic carbocycles. The molecule has 0 spiro atoms. The number of aryl methyl sites for hydroxylation is 1. The van der Waals surface area contributed by atoms with Gasteiger partial charge in [-0.25, -0.2) is 0 Å². The number of hydrogen-bond donors (Lipinski definition) is 1. The molecule has 0 saturated heterocycles. The Balaban J connectivity index is 2.17. The molecular formula is C22H25N5O2S. The Kier molecular flexibility index (Phi) is 6.56. The van der Waals surface area contributed by atoms with Gasteiger partial charge in [0.15, 0.2) is 5.69 Å². The van der Waals surface area contributed by atoms with Gasteiger partial charge in [0.05, 0.1) is 0 Å². The van der Waals surface area contributed by atoms with Crippen LogP contribution >= 0.6 is 11.5 Å². The molecule has 1 aromatic carbocycles. The summed E-state index contributed by atoms with van der Waals surface area (Å²) in [6.07, 6.45) is 4.03. The minimum atomic E-state index is -0.895. The number of rotatable bonds is 6. The van der Waals surface area contributed by atoms with E-state index >= 15 is 0 Å². The molecule has 0 fully saturated rings. The first kappa shape index (κ1) is 21.6. The highest BCUT2D eigenvalue weighted by Crippen LogP contribution is 2.30. The largest absolute Gasteiger partial charge is 0.349 e. The van der Waals surface area contributed by atoms with Gasteiger partial charge < -0.3 is 5.32 Å². The van der Waals surface area contributed by atoms with Gasteiger partial charge in [-0.05, 0) is 74.1 Å². The number of benzene rings is 1. The van der Waals surface area contributed by atoms with Gasteiger partial charge in [0.1, 0.15) is 6.04 Å². The molecule has 0 radical (unpaired) electrons. The van der Waals surface area contributed by atoms with Gasteiger partial charge in [-0.3, -0.25) is 19.5 Å². The number of anilines is 1. The van der Waals surface area contributed by atoms with E-state index < -0.39 is 11.6 Å². The number of carbonyl (C=O) groups excluding carboxylic acids is 2. The van der Waals surface area contributed by atoms with Crippen LogP contribution in [0.1, 0.15) is 55.4 Å². The van der Waals surface area contributed by atoms with Crippen molar-refractivity contribution >= 4 is 29.0 Å². The van der Waals surface area contributed by atoms with Gasteiger partial charge in [0.2, 0.25) is 5.91 Å². The number of aromatic nitrogens is 3. The smallest absolute Gasteiger partial charge is 0.280 e. The lowest BCUT2D eigenvalue weighted by Crippen LogP contribution is -2.49. The second kappa shape index (κ2) is 9.13. The Labute approximate surface area is 180 Å². The van der Waals surface area contributed by atoms with E-state index in [2.05, 4.69) is 19.9 Å². The van der Waals surface area contributed by atoms with Gasteiger partial charge in [-0.2, -0.15) is 0 Å². The summed E-state index contributed by atoms with van der Waals surface area (Å²) in [6.45, 7) is 7.76. The van der Waals surface area contributed by atoms with Crippen molar-refractivity contribution in [1.82, 2.24) is 19.9 Å². The quantitative estimate of drug-likeness (QED) is 0.652. The fourth-order valence-corrected chi connectivity index (χ4v) is 3.52. The number of hydrogen-bond acceptors (Lipinski definition) is 6. The summed E-state index contributed by atoms with van der Waals surface area (Å²) >= 11 is 1.09. The molecular weight excluding hydrogens is 398 g/mol. The third-order valence-corrected chi connectivity index (χ3v) is 4.93. The van der Waals surface area contributed by atoms with Crippen molar-refractivity contribution in [3.63, 3.8) is 0 Å². The summed E-state index contributed by atoms with van der Waals surface area (Å²) in [7, 11) is 0. The van der Waals surface area contributed by atoms with Gasteiger partial charge in [-0.15, -0.1) is 5.10 Å². The molecule has 156 valence electrons. The highest BCUT2D eigenvalue weighted by molar-refractivity contribution is 7.03. The Morgan fingerprint density at radius 3 is 2.50 bits per heavy atom. The molecule has 0 aliphatic heterocycles. The SMILES string of the molecule is CCc1cccc(N(C(=O)c2csnn2)[C@H](C(=O)NC(C)(C)C)c2ccncc2)c1. The first-order valence-corrected chi connectivity index (χ1v) is 10.6. The summed E-state index contributed by atoms with van der Waals surface area (Å²) in [5, 5.41) is 8.55. The van der Waals surface area contributed by atoms with E-state index in [4.69, 9.17) is 0 Å². The van der Waals surface area contributed by atoms with E-state index in [1.165, 1.54) is 4.90 Å². The topological polar surface area (TPSA) is 88.1 Å². The van der Waals surface area contributed by atoms with E-state index in [9.17, 15) is 9.59 Å². The third kappa shape index (κ3) is 5.07. The van der Waals surface area contributed by atoms with E-state index in [-0.39, 0.29) is 17.5 Å². The van der Waals surface area contributed by atoms with Crippen LogP contribution in [-0.2, 0) is 11.2 Å². The van der Waals surface area contributed by atoms with Gasteiger partial charge in [-0.1, -0.05) is 23.5 Å². The van der Waals surface area contributed by atoms with E-state index in [0.29, 0.717) is 11.3 Å². The Morgan fingerprint density at radius 1 is 1.17 bits per heavy atom. The maximum Gasteiger partial charge on any atom is 0.280 e. The molecule has 0 bridgehead atoms. The molecule has 0 saturated carbocycles. The van der Waals surface area contributed by atoms with Crippen molar-refractivity contribution < 1.29 is 9.59 Å². The predicted octanol–water partition coefficient (Wildman–Crippen LogP) is 3.80. The van der Waals surface area contributed by atoms with Crippen molar-refractivity contribution in [2.75, 3.05) is 4.90 Å². The Hall–Kier alpha value is -3.13. The van der Waals surface area contributed by atoms with Gasteiger partial charge >= 0.3 is 0 Å². The molecule has 2 amide bonds. The summed E-state index contributed by atoms with van der Waals surface area (Å²) in [4.78, 5) is 32.5. The second-order valence-electron chi connectivity index (χ2n) is 7.91. The van der Waals surface area contributed by atoms with Crippen LogP contribution in [0.4, 0.5) is 5.69 Å². The van der Waals surface area contributed by atoms with Crippen molar-refractivity contribution in [2.24, 2.45) is 0 Å². The molecule has 2 aromatic heterocycles. The third-order valence-electron chi connectivity index (χ3n) is 4.42. The molecule has 0 unspecified atom stereocenters. The van der Waals surface area contributed by atoms with Crippen LogP contribution in [0.15, 0.2) is 54.2 Å². The predicted molar refractivity (Wildman–Crippen MR) is 117 cm³/mol. The maximum atomic E-state index is 13.5. The zero-order chi connectivity index (χ0) is 21.7. The molecule has 2 heterocycles. The first-order valence-electron chi connectivity index (χ1n) is 9.71. The van der Waals surface area contributed by atoms with E-state index in [1.807, 2.05) is 52.0 Å². The normalized spacial score (nSPS) is 12.3. The van der Waals surface area contributed by atoms with Crippen LogP contribution in [0.25, 0.3) is 0 Å². The molecule has 30 heavy (non-hydrogen) atoms. The van der Waals surface area contributed by atoms with Gasteiger partial charge in [0, 0.05) is 29.0 Å². The number of amides is 2. The van der Waals surface area contributed by atoms with Crippen LogP contribution in [-0.4, -0.2) is 31.9 Å². The average molecular weight is 424 g/mol. The lowest BCUT2D eigenvalue weighted by molar-refractivity contribution is -0.123. The molecule has 3 rings (SSSR count). The van der Waals surface area contributed by atoms with Crippen LogP contribution in [0, 0.1) is 0 Å². The van der Waals surface area contributed by atoms with Gasteiger partial charge in [0.25, 0.3) is 5.91 Å². The van der Waals surface area contributed by atoms with Crippen molar-refractivity contribution in [1.29, 1.82) is 0 Å². The fraction of sp³-hybridized carbons (Fsp3) is 0.318. The summed E-state index contributed by atoms with van der Waals surface area (Å²) in [6, 6.07) is 10.2. The zero-order valence-corrected chi connectivity index (χ0v) is 18.3.